The van der Waals surface area contributed by atoms with Crippen LogP contribution in [0, 0.1) is 11.6 Å². The predicted molar refractivity (Wildman–Crippen MR) is 158 cm³/mol. The SMILES string of the molecule is Cn1c(=O)c(-c2c(F)ccc(NS(=O)(=O)N3CC[C@@H](F)C3)c2F)cc2cnc(NCCc3ccc4c(c3)CNCC4)nc21. The highest BCUT2D eigenvalue weighted by atomic mass is 32.2. The number of hydrogen-bond acceptors (Lipinski definition) is 7. The van der Waals surface area contributed by atoms with Crippen molar-refractivity contribution in [1.82, 2.24) is 24.2 Å². The topological polar surface area (TPSA) is 121 Å². The lowest BCUT2D eigenvalue weighted by atomic mass is 9.97. The lowest BCUT2D eigenvalue weighted by Crippen LogP contribution is -2.34. The molecule has 43 heavy (non-hydrogen) atoms. The smallest absolute Gasteiger partial charge is 0.301 e. The maximum absolute atomic E-state index is 15.6. The fraction of sp³-hybridized carbons (Fsp3) is 0.345. The van der Waals surface area contributed by atoms with Crippen molar-refractivity contribution in [2.24, 2.45) is 7.05 Å². The lowest BCUT2D eigenvalue weighted by molar-refractivity contribution is 0.343. The normalized spacial score (nSPS) is 17.3. The van der Waals surface area contributed by atoms with Crippen LogP contribution >= 0.6 is 0 Å². The van der Waals surface area contributed by atoms with E-state index in [1.165, 1.54) is 36.0 Å². The van der Waals surface area contributed by atoms with Gasteiger partial charge in [0.1, 0.15) is 17.6 Å². The minimum atomic E-state index is -4.30. The van der Waals surface area contributed by atoms with Gasteiger partial charge in [0.15, 0.2) is 5.82 Å². The second-order valence-electron chi connectivity index (χ2n) is 10.7. The molecule has 2 aromatic heterocycles. The summed E-state index contributed by atoms with van der Waals surface area (Å²) in [5.74, 6) is -2.03. The number of anilines is 2. The van der Waals surface area contributed by atoms with Gasteiger partial charge in [-0.25, -0.2) is 18.2 Å². The predicted octanol–water partition coefficient (Wildman–Crippen LogP) is 3.27. The number of halogens is 3. The van der Waals surface area contributed by atoms with Crippen LogP contribution in [0.4, 0.5) is 24.8 Å². The average Bonchev–Trinajstić information content (AvgIpc) is 3.44. The van der Waals surface area contributed by atoms with Gasteiger partial charge in [0.05, 0.1) is 16.8 Å². The molecule has 2 aliphatic rings. The fourth-order valence-electron chi connectivity index (χ4n) is 5.51. The second-order valence-corrected chi connectivity index (χ2v) is 12.4. The van der Waals surface area contributed by atoms with E-state index in [9.17, 15) is 22.0 Å². The Kier molecular flexibility index (Phi) is 7.83. The van der Waals surface area contributed by atoms with Gasteiger partial charge in [0.2, 0.25) is 5.95 Å². The summed E-state index contributed by atoms with van der Waals surface area (Å²) in [6.45, 7) is 1.95. The summed E-state index contributed by atoms with van der Waals surface area (Å²) in [6.07, 6.45) is 1.90. The molecule has 0 amide bonds. The quantitative estimate of drug-likeness (QED) is 0.279. The average molecular weight is 614 g/mol. The Balaban J connectivity index is 1.24. The Morgan fingerprint density at radius 3 is 2.77 bits per heavy atom. The monoisotopic (exact) mass is 613 g/mol. The molecule has 4 aromatic rings. The molecule has 1 saturated heterocycles. The molecule has 0 aliphatic carbocycles. The van der Waals surface area contributed by atoms with Gasteiger partial charge >= 0.3 is 10.2 Å². The van der Waals surface area contributed by atoms with Gasteiger partial charge in [-0.15, -0.1) is 0 Å². The molecule has 10 nitrogen and oxygen atoms in total. The Labute approximate surface area is 246 Å². The zero-order valence-electron chi connectivity index (χ0n) is 23.3. The van der Waals surface area contributed by atoms with Crippen molar-refractivity contribution in [3.63, 3.8) is 0 Å². The standard InChI is InChI=1S/C29H30F3N7O3S/c1-38-27-20(15-35-29(36-27)34-10-6-17-2-3-18-7-9-33-14-19(18)12-17)13-22(28(38)40)25-23(31)4-5-24(26(25)32)37-43(41,42)39-11-8-21(30)16-39/h2-5,12-13,15,21,33,37H,6-11,14,16H2,1H3,(H,34,35,36)/t21-/m1/s1. The van der Waals surface area contributed by atoms with Crippen molar-refractivity contribution < 1.29 is 21.6 Å². The summed E-state index contributed by atoms with van der Waals surface area (Å²) in [6, 6.07) is 9.53. The van der Waals surface area contributed by atoms with Crippen LogP contribution in [0.1, 0.15) is 23.1 Å². The first-order chi connectivity index (χ1) is 20.6. The van der Waals surface area contributed by atoms with Gasteiger partial charge in [-0.05, 0) is 60.7 Å². The third-order valence-electron chi connectivity index (χ3n) is 7.84. The molecule has 4 heterocycles. The molecule has 2 aromatic carbocycles. The number of aryl methyl sites for hydroxylation is 1. The van der Waals surface area contributed by atoms with Crippen molar-refractivity contribution in [3.05, 3.63) is 81.3 Å². The van der Waals surface area contributed by atoms with Crippen LogP contribution in [0.3, 0.4) is 0 Å². The van der Waals surface area contributed by atoms with E-state index in [0.717, 1.165) is 46.9 Å². The molecule has 1 fully saturated rings. The highest BCUT2D eigenvalue weighted by Crippen LogP contribution is 2.31. The van der Waals surface area contributed by atoms with E-state index in [0.29, 0.717) is 17.9 Å². The first kappa shape index (κ1) is 29.1. The molecule has 14 heteroatoms. The molecule has 0 unspecified atom stereocenters. The van der Waals surface area contributed by atoms with E-state index >= 15 is 4.39 Å². The van der Waals surface area contributed by atoms with Crippen molar-refractivity contribution >= 4 is 32.9 Å². The molecule has 226 valence electrons. The van der Waals surface area contributed by atoms with Crippen LogP contribution < -0.4 is 20.9 Å². The Bertz CT molecular complexity index is 1880. The van der Waals surface area contributed by atoms with Crippen LogP contribution in [0.2, 0.25) is 0 Å². The molecule has 3 N–H and O–H groups in total. The lowest BCUT2D eigenvalue weighted by Gasteiger charge is -2.18. The molecule has 2 aliphatic heterocycles. The molecular formula is C29H30F3N7O3S. The van der Waals surface area contributed by atoms with Crippen molar-refractivity contribution in [2.75, 3.05) is 36.2 Å². The Morgan fingerprint density at radius 2 is 1.98 bits per heavy atom. The van der Waals surface area contributed by atoms with E-state index in [4.69, 9.17) is 0 Å². The first-order valence-electron chi connectivity index (χ1n) is 13.9. The highest BCUT2D eigenvalue weighted by molar-refractivity contribution is 7.90. The molecule has 0 bridgehead atoms. The zero-order valence-corrected chi connectivity index (χ0v) is 24.1. The van der Waals surface area contributed by atoms with Crippen molar-refractivity contribution in [3.8, 4) is 11.1 Å². The van der Waals surface area contributed by atoms with E-state index < -0.39 is 44.8 Å². The summed E-state index contributed by atoms with van der Waals surface area (Å²) >= 11 is 0. The number of alkyl halides is 1. The summed E-state index contributed by atoms with van der Waals surface area (Å²) in [4.78, 5) is 22.1. The summed E-state index contributed by atoms with van der Waals surface area (Å²) in [5.41, 5.74) is 1.75. The van der Waals surface area contributed by atoms with Gasteiger partial charge in [-0.3, -0.25) is 14.1 Å². The first-order valence-corrected chi connectivity index (χ1v) is 15.4. The largest absolute Gasteiger partial charge is 0.354 e. The van der Waals surface area contributed by atoms with Crippen molar-refractivity contribution in [1.29, 1.82) is 0 Å². The Hall–Kier alpha value is -4.01. The fourth-order valence-corrected chi connectivity index (χ4v) is 6.78. The molecule has 0 spiro atoms. The molecule has 0 radical (unpaired) electrons. The molecule has 0 saturated carbocycles. The zero-order chi connectivity index (χ0) is 30.3. The van der Waals surface area contributed by atoms with Crippen LogP contribution in [0.15, 0.2) is 47.4 Å². The minimum absolute atomic E-state index is 0.0248. The number of benzene rings is 2. The van der Waals surface area contributed by atoms with Crippen LogP contribution in [0.25, 0.3) is 22.2 Å². The summed E-state index contributed by atoms with van der Waals surface area (Å²) in [5, 5.41) is 6.89. The number of aromatic nitrogens is 3. The third kappa shape index (κ3) is 5.82. The maximum Gasteiger partial charge on any atom is 0.301 e. The second kappa shape index (κ2) is 11.6. The molecule has 6 rings (SSSR count). The van der Waals surface area contributed by atoms with Gasteiger partial charge in [0.25, 0.3) is 5.56 Å². The number of pyridine rings is 1. The van der Waals surface area contributed by atoms with Crippen LogP contribution in [0.5, 0.6) is 0 Å². The summed E-state index contributed by atoms with van der Waals surface area (Å²) in [7, 11) is -2.87. The summed E-state index contributed by atoms with van der Waals surface area (Å²) < 4.78 is 73.6. The Morgan fingerprint density at radius 1 is 1.14 bits per heavy atom. The number of fused-ring (bicyclic) bond motifs is 2. The van der Waals surface area contributed by atoms with Crippen molar-refractivity contribution in [2.45, 2.75) is 32.0 Å². The third-order valence-corrected chi connectivity index (χ3v) is 9.32. The van der Waals surface area contributed by atoms with E-state index in [1.54, 1.807) is 0 Å². The van der Waals surface area contributed by atoms with E-state index in [-0.39, 0.29) is 30.7 Å². The number of hydrogen-bond donors (Lipinski definition) is 3. The van der Waals surface area contributed by atoms with Gasteiger partial charge in [0, 0.05) is 44.8 Å². The number of nitrogens with one attached hydrogen (secondary N) is 3. The van der Waals surface area contributed by atoms with Gasteiger partial charge in [-0.1, -0.05) is 18.2 Å². The van der Waals surface area contributed by atoms with E-state index in [1.807, 2.05) is 0 Å². The maximum atomic E-state index is 15.6. The molecule has 1 atom stereocenters. The molecular weight excluding hydrogens is 583 g/mol. The van der Waals surface area contributed by atoms with Gasteiger partial charge < -0.3 is 10.6 Å². The van der Waals surface area contributed by atoms with Crippen LogP contribution in [-0.2, 0) is 36.6 Å². The highest BCUT2D eigenvalue weighted by Gasteiger charge is 2.32. The minimum Gasteiger partial charge on any atom is -0.354 e. The van der Waals surface area contributed by atoms with E-state index in [2.05, 4.69) is 43.5 Å². The van der Waals surface area contributed by atoms with Gasteiger partial charge in [-0.2, -0.15) is 17.7 Å². The van der Waals surface area contributed by atoms with Crippen LogP contribution in [-0.4, -0.2) is 59.6 Å². The number of rotatable bonds is 8. The number of nitrogens with zero attached hydrogens (tertiary/aromatic N) is 4.